The van der Waals surface area contributed by atoms with Crippen molar-refractivity contribution in [2.45, 2.75) is 12.8 Å². The molecule has 1 aromatic carbocycles. The van der Waals surface area contributed by atoms with Gasteiger partial charge in [0.25, 0.3) is 0 Å². The van der Waals surface area contributed by atoms with Gasteiger partial charge in [-0.2, -0.15) is 0 Å². The first-order chi connectivity index (χ1) is 9.20. The fourth-order valence-electron chi connectivity index (χ4n) is 1.84. The van der Waals surface area contributed by atoms with E-state index in [-0.39, 0.29) is 11.3 Å². The van der Waals surface area contributed by atoms with Gasteiger partial charge in [-0.05, 0) is 36.2 Å². The Kier molecular flexibility index (Phi) is 4.23. The maximum Gasteiger partial charge on any atom is 0.167 e. The molecule has 2 aromatic rings. The molecule has 3 nitrogen and oxygen atoms in total. The van der Waals surface area contributed by atoms with E-state index in [1.807, 2.05) is 12.1 Å². The van der Waals surface area contributed by atoms with Gasteiger partial charge in [0.1, 0.15) is 11.6 Å². The molecular formula is C15H14FNO2. The second-order valence-corrected chi connectivity index (χ2v) is 4.13. The van der Waals surface area contributed by atoms with Crippen LogP contribution in [-0.2, 0) is 6.42 Å². The number of ketones is 1. The highest BCUT2D eigenvalue weighted by Gasteiger charge is 2.13. The number of aromatic nitrogens is 1. The number of pyridine rings is 1. The van der Waals surface area contributed by atoms with Crippen molar-refractivity contribution in [2.24, 2.45) is 0 Å². The summed E-state index contributed by atoms with van der Waals surface area (Å²) in [5.74, 6) is -0.177. The molecule has 0 N–H and O–H groups in total. The molecule has 1 aromatic heterocycles. The minimum atomic E-state index is -0.439. The number of carbonyl (C=O) groups is 1. The summed E-state index contributed by atoms with van der Waals surface area (Å²) < 4.78 is 18.3. The molecular weight excluding hydrogens is 245 g/mol. The van der Waals surface area contributed by atoms with Crippen molar-refractivity contribution in [3.05, 3.63) is 59.7 Å². The van der Waals surface area contributed by atoms with Crippen LogP contribution in [0, 0.1) is 5.82 Å². The Morgan fingerprint density at radius 1 is 1.37 bits per heavy atom. The van der Waals surface area contributed by atoms with Gasteiger partial charge in [0.15, 0.2) is 5.78 Å². The van der Waals surface area contributed by atoms with Crippen LogP contribution in [0.4, 0.5) is 4.39 Å². The van der Waals surface area contributed by atoms with Crippen LogP contribution in [0.1, 0.15) is 22.3 Å². The quantitative estimate of drug-likeness (QED) is 0.775. The fourth-order valence-corrected chi connectivity index (χ4v) is 1.84. The Morgan fingerprint density at radius 2 is 2.21 bits per heavy atom. The summed E-state index contributed by atoms with van der Waals surface area (Å²) in [7, 11) is 1.46. The average molecular weight is 259 g/mol. The van der Waals surface area contributed by atoms with Crippen LogP contribution < -0.4 is 4.74 Å². The Bertz CT molecular complexity index is 570. The highest BCUT2D eigenvalue weighted by Crippen LogP contribution is 2.21. The lowest BCUT2D eigenvalue weighted by atomic mass is 10.0. The third kappa shape index (κ3) is 3.37. The summed E-state index contributed by atoms with van der Waals surface area (Å²) in [4.78, 5) is 16.1. The van der Waals surface area contributed by atoms with Crippen molar-refractivity contribution in [2.75, 3.05) is 7.11 Å². The van der Waals surface area contributed by atoms with Crippen LogP contribution in [0.2, 0.25) is 0 Å². The van der Waals surface area contributed by atoms with Gasteiger partial charge in [-0.25, -0.2) is 4.39 Å². The highest BCUT2D eigenvalue weighted by molar-refractivity contribution is 5.98. The molecule has 0 bridgehead atoms. The molecule has 0 saturated carbocycles. The maximum atomic E-state index is 13.2. The predicted octanol–water partition coefficient (Wildman–Crippen LogP) is 3.04. The van der Waals surface area contributed by atoms with Gasteiger partial charge in [0.05, 0.1) is 12.7 Å². The van der Waals surface area contributed by atoms with Crippen molar-refractivity contribution < 1.29 is 13.9 Å². The largest absolute Gasteiger partial charge is 0.496 e. The fraction of sp³-hybridized carbons (Fsp3) is 0.200. The normalized spacial score (nSPS) is 10.2. The summed E-state index contributed by atoms with van der Waals surface area (Å²) >= 11 is 0. The van der Waals surface area contributed by atoms with Gasteiger partial charge < -0.3 is 4.74 Å². The lowest BCUT2D eigenvalue weighted by molar-refractivity contribution is 0.0979. The van der Waals surface area contributed by atoms with Gasteiger partial charge in [-0.15, -0.1) is 0 Å². The first kappa shape index (κ1) is 13.2. The molecule has 0 unspecified atom stereocenters. The number of aryl methyl sites for hydroxylation is 1. The lowest BCUT2D eigenvalue weighted by Gasteiger charge is -2.07. The standard InChI is InChI=1S/C15H14FNO2/c1-19-15-7-5-12(16)9-13(15)14(18)6-4-11-3-2-8-17-10-11/h2-3,5,7-10H,4,6H2,1H3. The smallest absolute Gasteiger partial charge is 0.167 e. The molecule has 0 radical (unpaired) electrons. The van der Waals surface area contributed by atoms with Crippen LogP contribution >= 0.6 is 0 Å². The van der Waals surface area contributed by atoms with E-state index >= 15 is 0 Å². The number of hydrogen-bond acceptors (Lipinski definition) is 3. The number of rotatable bonds is 5. The first-order valence-electron chi connectivity index (χ1n) is 5.96. The Morgan fingerprint density at radius 3 is 2.89 bits per heavy atom. The Balaban J connectivity index is 2.10. The SMILES string of the molecule is COc1ccc(F)cc1C(=O)CCc1cccnc1. The van der Waals surface area contributed by atoms with E-state index in [0.717, 1.165) is 5.56 Å². The molecule has 0 saturated heterocycles. The summed E-state index contributed by atoms with van der Waals surface area (Å²) in [5, 5.41) is 0. The second kappa shape index (κ2) is 6.09. The first-order valence-corrected chi connectivity index (χ1v) is 5.96. The summed E-state index contributed by atoms with van der Waals surface area (Å²) in [5.41, 5.74) is 1.26. The molecule has 19 heavy (non-hydrogen) atoms. The molecule has 0 atom stereocenters. The number of carbonyl (C=O) groups excluding carboxylic acids is 1. The lowest BCUT2D eigenvalue weighted by Crippen LogP contribution is -2.04. The third-order valence-corrected chi connectivity index (χ3v) is 2.83. The van der Waals surface area contributed by atoms with Gasteiger partial charge in [-0.1, -0.05) is 6.07 Å². The Hall–Kier alpha value is -2.23. The molecule has 0 aliphatic heterocycles. The number of Topliss-reactive ketones (excluding diaryl/α,β-unsaturated/α-hetero) is 1. The van der Waals surface area contributed by atoms with Crippen LogP contribution in [0.3, 0.4) is 0 Å². The average Bonchev–Trinajstić information content (AvgIpc) is 2.46. The molecule has 2 rings (SSSR count). The number of ether oxygens (including phenoxy) is 1. The van der Waals surface area contributed by atoms with Crippen molar-refractivity contribution in [1.29, 1.82) is 0 Å². The molecule has 0 amide bonds. The van der Waals surface area contributed by atoms with E-state index in [4.69, 9.17) is 4.74 Å². The number of benzene rings is 1. The van der Waals surface area contributed by atoms with E-state index in [0.29, 0.717) is 18.6 Å². The predicted molar refractivity (Wildman–Crippen MR) is 69.8 cm³/mol. The molecule has 0 aliphatic rings. The van der Waals surface area contributed by atoms with E-state index < -0.39 is 5.82 Å². The zero-order chi connectivity index (χ0) is 13.7. The molecule has 0 fully saturated rings. The minimum Gasteiger partial charge on any atom is -0.496 e. The van der Waals surface area contributed by atoms with Crippen LogP contribution in [0.5, 0.6) is 5.75 Å². The minimum absolute atomic E-state index is 0.139. The highest BCUT2D eigenvalue weighted by atomic mass is 19.1. The summed E-state index contributed by atoms with van der Waals surface area (Å²) in [6.07, 6.45) is 4.27. The number of methoxy groups -OCH3 is 1. The summed E-state index contributed by atoms with van der Waals surface area (Å²) in [6.45, 7) is 0. The van der Waals surface area contributed by atoms with Gasteiger partial charge in [0, 0.05) is 18.8 Å². The maximum absolute atomic E-state index is 13.2. The zero-order valence-corrected chi connectivity index (χ0v) is 10.6. The van der Waals surface area contributed by atoms with Crippen molar-refractivity contribution in [3.63, 3.8) is 0 Å². The monoisotopic (exact) mass is 259 g/mol. The van der Waals surface area contributed by atoms with Gasteiger partial charge in [-0.3, -0.25) is 9.78 Å². The van der Waals surface area contributed by atoms with Crippen molar-refractivity contribution >= 4 is 5.78 Å². The second-order valence-electron chi connectivity index (χ2n) is 4.13. The van der Waals surface area contributed by atoms with E-state index in [1.54, 1.807) is 12.4 Å². The van der Waals surface area contributed by atoms with Crippen LogP contribution in [-0.4, -0.2) is 17.9 Å². The molecule has 0 spiro atoms. The van der Waals surface area contributed by atoms with Gasteiger partial charge in [0.2, 0.25) is 0 Å². The van der Waals surface area contributed by atoms with Crippen LogP contribution in [0.25, 0.3) is 0 Å². The summed E-state index contributed by atoms with van der Waals surface area (Å²) in [6, 6.07) is 7.68. The number of nitrogens with zero attached hydrogens (tertiary/aromatic N) is 1. The van der Waals surface area contributed by atoms with Crippen molar-refractivity contribution in [1.82, 2.24) is 4.98 Å². The van der Waals surface area contributed by atoms with E-state index in [2.05, 4.69) is 4.98 Å². The Labute approximate surface area is 111 Å². The third-order valence-electron chi connectivity index (χ3n) is 2.83. The molecule has 0 aliphatic carbocycles. The van der Waals surface area contributed by atoms with Crippen molar-refractivity contribution in [3.8, 4) is 5.75 Å². The van der Waals surface area contributed by atoms with E-state index in [9.17, 15) is 9.18 Å². The van der Waals surface area contributed by atoms with Crippen LogP contribution in [0.15, 0.2) is 42.7 Å². The number of halogens is 1. The number of hydrogen-bond donors (Lipinski definition) is 0. The van der Waals surface area contributed by atoms with E-state index in [1.165, 1.54) is 25.3 Å². The zero-order valence-electron chi connectivity index (χ0n) is 10.6. The topological polar surface area (TPSA) is 39.2 Å². The molecule has 98 valence electrons. The molecule has 1 heterocycles. The molecule has 4 heteroatoms. The van der Waals surface area contributed by atoms with Gasteiger partial charge >= 0.3 is 0 Å².